The van der Waals surface area contributed by atoms with Gasteiger partial charge in [0, 0.05) is 31.9 Å². The summed E-state index contributed by atoms with van der Waals surface area (Å²) < 4.78 is 13.2. The second-order valence-corrected chi connectivity index (χ2v) is 6.01. The van der Waals surface area contributed by atoms with Gasteiger partial charge < -0.3 is 10.4 Å². The minimum Gasteiger partial charge on any atom is -0.480 e. The van der Waals surface area contributed by atoms with E-state index in [1.54, 1.807) is 19.1 Å². The number of carbonyl (C=O) groups is 2. The lowest BCUT2D eigenvalue weighted by molar-refractivity contribution is -0.144. The Balaban J connectivity index is 1.89. The van der Waals surface area contributed by atoms with Crippen molar-refractivity contribution >= 4 is 17.6 Å². The summed E-state index contributed by atoms with van der Waals surface area (Å²) in [5.74, 6) is -1.39. The van der Waals surface area contributed by atoms with E-state index in [9.17, 15) is 19.1 Å². The molecule has 1 heterocycles. The molecule has 6 nitrogen and oxygen atoms in total. The standard InChI is InChI=1S/C17H24FN3O3/c1-3-15(17(23)24)21-9-7-20(8-10-21)12(2)16(22)19-14-6-4-5-13(18)11-14/h4-6,11-12,15H,3,7-10H2,1-2H3,(H,19,22)(H,23,24)/t12-,15-/m0/s1. The monoisotopic (exact) mass is 337 g/mol. The van der Waals surface area contributed by atoms with Crippen molar-refractivity contribution in [2.75, 3.05) is 31.5 Å². The largest absolute Gasteiger partial charge is 0.480 e. The van der Waals surface area contributed by atoms with Crippen LogP contribution in [0, 0.1) is 5.82 Å². The van der Waals surface area contributed by atoms with Gasteiger partial charge in [0.25, 0.3) is 0 Å². The predicted octanol–water partition coefficient (Wildman–Crippen LogP) is 1.63. The molecule has 24 heavy (non-hydrogen) atoms. The van der Waals surface area contributed by atoms with Crippen molar-refractivity contribution in [1.29, 1.82) is 0 Å². The molecule has 132 valence electrons. The number of amides is 1. The molecule has 1 aliphatic heterocycles. The zero-order valence-electron chi connectivity index (χ0n) is 14.0. The van der Waals surface area contributed by atoms with Crippen molar-refractivity contribution in [2.24, 2.45) is 0 Å². The lowest BCUT2D eigenvalue weighted by Gasteiger charge is -2.39. The predicted molar refractivity (Wildman–Crippen MR) is 89.4 cm³/mol. The maximum absolute atomic E-state index is 13.2. The number of aliphatic carboxylic acids is 1. The first-order valence-corrected chi connectivity index (χ1v) is 8.19. The molecular formula is C17H24FN3O3. The van der Waals surface area contributed by atoms with Gasteiger partial charge in [0.2, 0.25) is 5.91 Å². The second-order valence-electron chi connectivity index (χ2n) is 6.01. The van der Waals surface area contributed by atoms with Gasteiger partial charge in [-0.15, -0.1) is 0 Å². The van der Waals surface area contributed by atoms with E-state index >= 15 is 0 Å². The summed E-state index contributed by atoms with van der Waals surface area (Å²) in [7, 11) is 0. The van der Waals surface area contributed by atoms with E-state index in [-0.39, 0.29) is 11.9 Å². The van der Waals surface area contributed by atoms with Crippen LogP contribution in [0.4, 0.5) is 10.1 Å². The number of benzene rings is 1. The Bertz CT molecular complexity index is 588. The minimum atomic E-state index is -0.803. The molecule has 0 saturated carbocycles. The number of nitrogens with zero attached hydrogens (tertiary/aromatic N) is 2. The van der Waals surface area contributed by atoms with E-state index in [1.807, 2.05) is 16.7 Å². The molecule has 1 aliphatic rings. The van der Waals surface area contributed by atoms with Crippen LogP contribution in [0.1, 0.15) is 20.3 Å². The summed E-state index contributed by atoms with van der Waals surface area (Å²) in [6.07, 6.45) is 0.560. The number of hydrogen-bond donors (Lipinski definition) is 2. The molecule has 2 N–H and O–H groups in total. The average molecular weight is 337 g/mol. The lowest BCUT2D eigenvalue weighted by Crippen LogP contribution is -2.56. The van der Waals surface area contributed by atoms with Crippen LogP contribution in [0.5, 0.6) is 0 Å². The topological polar surface area (TPSA) is 72.9 Å². The van der Waals surface area contributed by atoms with Gasteiger partial charge >= 0.3 is 5.97 Å². The molecule has 0 spiro atoms. The van der Waals surface area contributed by atoms with Crippen LogP contribution in [0.3, 0.4) is 0 Å². The summed E-state index contributed by atoms with van der Waals surface area (Å²) in [5.41, 5.74) is 0.433. The maximum Gasteiger partial charge on any atom is 0.320 e. The molecule has 0 aromatic heterocycles. The van der Waals surface area contributed by atoms with Crippen molar-refractivity contribution < 1.29 is 19.1 Å². The first-order valence-electron chi connectivity index (χ1n) is 8.19. The third-order valence-electron chi connectivity index (χ3n) is 4.48. The highest BCUT2D eigenvalue weighted by Crippen LogP contribution is 2.14. The highest BCUT2D eigenvalue weighted by atomic mass is 19.1. The number of nitrogens with one attached hydrogen (secondary N) is 1. The molecule has 1 saturated heterocycles. The molecule has 1 amide bonds. The zero-order valence-corrected chi connectivity index (χ0v) is 14.0. The van der Waals surface area contributed by atoms with E-state index in [2.05, 4.69) is 5.32 Å². The van der Waals surface area contributed by atoms with Crippen molar-refractivity contribution in [2.45, 2.75) is 32.4 Å². The van der Waals surface area contributed by atoms with E-state index in [0.717, 1.165) is 0 Å². The highest BCUT2D eigenvalue weighted by molar-refractivity contribution is 5.94. The summed E-state index contributed by atoms with van der Waals surface area (Å²) in [6, 6.07) is 4.96. The molecule has 2 atom stereocenters. The smallest absolute Gasteiger partial charge is 0.320 e. The van der Waals surface area contributed by atoms with Gasteiger partial charge in [-0.1, -0.05) is 13.0 Å². The van der Waals surface area contributed by atoms with E-state index in [4.69, 9.17) is 0 Å². The van der Waals surface area contributed by atoms with Gasteiger partial charge in [-0.2, -0.15) is 0 Å². The molecule has 2 rings (SSSR count). The number of rotatable bonds is 6. The number of carboxylic acid groups (broad SMARTS) is 1. The van der Waals surface area contributed by atoms with Crippen LogP contribution in [0.2, 0.25) is 0 Å². The van der Waals surface area contributed by atoms with Crippen molar-refractivity contribution in [3.05, 3.63) is 30.1 Å². The molecule has 1 aromatic carbocycles. The summed E-state index contributed by atoms with van der Waals surface area (Å²) in [6.45, 7) is 6.15. The van der Waals surface area contributed by atoms with Crippen LogP contribution in [0.15, 0.2) is 24.3 Å². The highest BCUT2D eigenvalue weighted by Gasteiger charge is 2.30. The number of halogens is 1. The SMILES string of the molecule is CC[C@@H](C(=O)O)N1CCN([C@@H](C)C(=O)Nc2cccc(F)c2)CC1. The Morgan fingerprint density at radius 1 is 1.25 bits per heavy atom. The fourth-order valence-electron chi connectivity index (χ4n) is 3.00. The number of carboxylic acids is 1. The maximum atomic E-state index is 13.2. The average Bonchev–Trinajstić information content (AvgIpc) is 2.55. The van der Waals surface area contributed by atoms with Crippen LogP contribution >= 0.6 is 0 Å². The minimum absolute atomic E-state index is 0.195. The zero-order chi connectivity index (χ0) is 17.7. The summed E-state index contributed by atoms with van der Waals surface area (Å²) in [5, 5.41) is 11.9. The van der Waals surface area contributed by atoms with Gasteiger partial charge in [0.15, 0.2) is 0 Å². The fourth-order valence-corrected chi connectivity index (χ4v) is 3.00. The molecule has 0 unspecified atom stereocenters. The number of hydrogen-bond acceptors (Lipinski definition) is 4. The van der Waals surface area contributed by atoms with Crippen molar-refractivity contribution in [1.82, 2.24) is 9.80 Å². The summed E-state index contributed by atoms with van der Waals surface area (Å²) >= 11 is 0. The normalized spacial score (nSPS) is 18.8. The van der Waals surface area contributed by atoms with Crippen molar-refractivity contribution in [3.8, 4) is 0 Å². The Hall–Kier alpha value is -1.99. The Morgan fingerprint density at radius 2 is 1.88 bits per heavy atom. The fraction of sp³-hybridized carbons (Fsp3) is 0.529. The Morgan fingerprint density at radius 3 is 2.42 bits per heavy atom. The van der Waals surface area contributed by atoms with Crippen LogP contribution < -0.4 is 5.32 Å². The van der Waals surface area contributed by atoms with Gasteiger partial charge in [-0.25, -0.2) is 4.39 Å². The van der Waals surface area contributed by atoms with Gasteiger partial charge in [0.05, 0.1) is 6.04 Å². The molecular weight excluding hydrogens is 313 g/mol. The van der Waals surface area contributed by atoms with Crippen LogP contribution in [-0.2, 0) is 9.59 Å². The molecule has 1 aromatic rings. The number of carbonyl (C=O) groups excluding carboxylic acids is 1. The molecule has 1 fully saturated rings. The van der Waals surface area contributed by atoms with Gasteiger partial charge in [-0.05, 0) is 31.5 Å². The molecule has 0 bridgehead atoms. The third kappa shape index (κ3) is 4.52. The second kappa shape index (κ2) is 8.21. The molecule has 0 aliphatic carbocycles. The molecule has 0 radical (unpaired) electrons. The third-order valence-corrected chi connectivity index (χ3v) is 4.48. The Labute approximate surface area is 141 Å². The van der Waals surface area contributed by atoms with Crippen LogP contribution in [0.25, 0.3) is 0 Å². The summed E-state index contributed by atoms with van der Waals surface area (Å²) in [4.78, 5) is 27.5. The van der Waals surface area contributed by atoms with Gasteiger partial charge in [-0.3, -0.25) is 19.4 Å². The number of piperazine rings is 1. The van der Waals surface area contributed by atoms with E-state index in [1.165, 1.54) is 12.1 Å². The van der Waals surface area contributed by atoms with E-state index in [0.29, 0.717) is 38.3 Å². The first-order chi connectivity index (χ1) is 11.4. The first kappa shape index (κ1) is 18.4. The van der Waals surface area contributed by atoms with Crippen LogP contribution in [-0.4, -0.2) is 65.0 Å². The lowest BCUT2D eigenvalue weighted by atomic mass is 10.1. The number of anilines is 1. The Kier molecular flexibility index (Phi) is 6.28. The van der Waals surface area contributed by atoms with Gasteiger partial charge in [0.1, 0.15) is 11.9 Å². The van der Waals surface area contributed by atoms with E-state index < -0.39 is 17.8 Å². The van der Waals surface area contributed by atoms with Crippen molar-refractivity contribution in [3.63, 3.8) is 0 Å². The molecule has 7 heteroatoms. The quantitative estimate of drug-likeness (QED) is 0.825.